The van der Waals surface area contributed by atoms with Crippen LogP contribution in [0, 0.1) is 11.3 Å². The van der Waals surface area contributed by atoms with Gasteiger partial charge in [0.25, 0.3) is 17.4 Å². The quantitative estimate of drug-likeness (QED) is 0.305. The molecule has 2 aromatic heterocycles. The summed E-state index contributed by atoms with van der Waals surface area (Å²) >= 11 is 6.49. The lowest BCUT2D eigenvalue weighted by Gasteiger charge is -2.40. The molecular weight excluding hydrogens is 625 g/mol. The number of aromatic nitrogens is 4. The van der Waals surface area contributed by atoms with Gasteiger partial charge in [0.1, 0.15) is 24.5 Å². The predicted octanol–water partition coefficient (Wildman–Crippen LogP) is 3.74. The molecule has 0 saturated carbocycles. The highest BCUT2D eigenvalue weighted by Crippen LogP contribution is 2.41. The number of carbonyl (C=O) groups excluding carboxylic acids is 2. The maximum absolute atomic E-state index is 14.0. The molecule has 1 aliphatic heterocycles. The lowest BCUT2D eigenvalue weighted by Crippen LogP contribution is -2.59. The SMILES string of the molecule is CN(CCn1cncn1)C(=O)c1ccc(-c2cnc(N3CCN(C(=O)C(O)(c4ccccc4)C(F)(F)F)CC3)c(C#N)c2)cc1Cl. The van der Waals surface area contributed by atoms with Gasteiger partial charge in [-0.25, -0.2) is 9.97 Å². The molecule has 0 bridgehead atoms. The minimum atomic E-state index is -5.24. The van der Waals surface area contributed by atoms with E-state index in [1.807, 2.05) is 0 Å². The molecule has 1 fully saturated rings. The van der Waals surface area contributed by atoms with E-state index >= 15 is 0 Å². The number of rotatable bonds is 8. The van der Waals surface area contributed by atoms with Gasteiger partial charge >= 0.3 is 6.18 Å². The van der Waals surface area contributed by atoms with Gasteiger partial charge in [0.2, 0.25) is 0 Å². The Morgan fingerprint density at radius 2 is 1.78 bits per heavy atom. The van der Waals surface area contributed by atoms with Crippen molar-refractivity contribution in [1.29, 1.82) is 5.26 Å². The molecular formula is C31H28ClF3N8O3. The minimum Gasteiger partial charge on any atom is -0.369 e. The lowest BCUT2D eigenvalue weighted by molar-refractivity contribution is -0.262. The van der Waals surface area contributed by atoms with E-state index in [0.29, 0.717) is 35.6 Å². The summed E-state index contributed by atoms with van der Waals surface area (Å²) in [4.78, 5) is 38.6. The number of hydrogen-bond donors (Lipinski definition) is 1. The third-order valence-corrected chi connectivity index (χ3v) is 8.09. The number of piperazine rings is 1. The van der Waals surface area contributed by atoms with Crippen LogP contribution in [0.3, 0.4) is 0 Å². The first-order valence-electron chi connectivity index (χ1n) is 14.1. The van der Waals surface area contributed by atoms with Crippen LogP contribution < -0.4 is 4.90 Å². The fourth-order valence-electron chi connectivity index (χ4n) is 5.16. The number of alkyl halides is 3. The number of amides is 2. The van der Waals surface area contributed by atoms with Crippen LogP contribution in [-0.2, 0) is 16.9 Å². The molecule has 5 rings (SSSR count). The van der Waals surface area contributed by atoms with Gasteiger partial charge in [-0.2, -0.15) is 23.5 Å². The molecule has 0 radical (unpaired) electrons. The highest BCUT2D eigenvalue weighted by Gasteiger charge is 2.62. The molecule has 11 nitrogen and oxygen atoms in total. The van der Waals surface area contributed by atoms with Gasteiger partial charge in [0.05, 0.1) is 22.7 Å². The highest BCUT2D eigenvalue weighted by atomic mass is 35.5. The number of benzene rings is 2. The number of nitriles is 1. The Balaban J connectivity index is 1.27. The number of carbonyl (C=O) groups is 2. The second-order valence-corrected chi connectivity index (χ2v) is 11.0. The lowest BCUT2D eigenvalue weighted by atomic mass is 9.91. The van der Waals surface area contributed by atoms with Gasteiger partial charge in [-0.15, -0.1) is 0 Å². The van der Waals surface area contributed by atoms with E-state index < -0.39 is 23.2 Å². The zero-order valence-corrected chi connectivity index (χ0v) is 25.3. The number of aliphatic hydroxyl groups is 1. The second-order valence-electron chi connectivity index (χ2n) is 10.6. The van der Waals surface area contributed by atoms with Crippen molar-refractivity contribution in [2.45, 2.75) is 18.3 Å². The highest BCUT2D eigenvalue weighted by molar-refractivity contribution is 6.34. The average Bonchev–Trinajstić information content (AvgIpc) is 3.59. The molecule has 0 spiro atoms. The van der Waals surface area contributed by atoms with Crippen molar-refractivity contribution in [2.24, 2.45) is 0 Å². The Morgan fingerprint density at radius 1 is 1.07 bits per heavy atom. The number of likely N-dealkylation sites (N-methyl/N-ethyl adjacent to an activating group) is 1. The van der Waals surface area contributed by atoms with E-state index in [2.05, 4.69) is 21.1 Å². The smallest absolute Gasteiger partial charge is 0.369 e. The van der Waals surface area contributed by atoms with E-state index in [4.69, 9.17) is 11.6 Å². The Labute approximate surface area is 267 Å². The molecule has 46 heavy (non-hydrogen) atoms. The molecule has 1 unspecified atom stereocenters. The molecule has 1 atom stereocenters. The maximum atomic E-state index is 14.0. The maximum Gasteiger partial charge on any atom is 0.430 e. The summed E-state index contributed by atoms with van der Waals surface area (Å²) in [5.41, 5.74) is -2.57. The standard InChI is InChI=1S/C31H28ClF3N8O3/c1-40(9-14-43-20-37-19-39-43)28(44)25-8-7-21(16-26(25)32)23-15-22(17-36)27(38-18-23)41-10-12-42(13-11-41)29(45)30(46,31(33,34)35)24-5-3-2-4-6-24/h2-8,15-16,18-20,46H,9-14H2,1H3. The van der Waals surface area contributed by atoms with Gasteiger partial charge in [0.15, 0.2) is 0 Å². The summed E-state index contributed by atoms with van der Waals surface area (Å²) < 4.78 is 43.7. The molecule has 1 N–H and O–H groups in total. The van der Waals surface area contributed by atoms with Crippen LogP contribution in [0.5, 0.6) is 0 Å². The van der Waals surface area contributed by atoms with Gasteiger partial charge in [-0.3, -0.25) is 14.3 Å². The van der Waals surface area contributed by atoms with Crippen molar-refractivity contribution in [3.05, 3.63) is 95.2 Å². The topological polar surface area (TPSA) is 131 Å². The summed E-state index contributed by atoms with van der Waals surface area (Å²) in [5.74, 6) is -1.44. The molecule has 1 saturated heterocycles. The van der Waals surface area contributed by atoms with E-state index in [9.17, 15) is 33.1 Å². The summed E-state index contributed by atoms with van der Waals surface area (Å²) in [5, 5.41) is 24.8. The molecule has 4 aromatic rings. The number of anilines is 1. The van der Waals surface area contributed by atoms with Crippen molar-refractivity contribution in [3.8, 4) is 17.2 Å². The van der Waals surface area contributed by atoms with E-state index in [-0.39, 0.29) is 42.7 Å². The van der Waals surface area contributed by atoms with Crippen molar-refractivity contribution >= 4 is 29.2 Å². The second kappa shape index (κ2) is 13.2. The van der Waals surface area contributed by atoms with Crippen molar-refractivity contribution in [2.75, 3.05) is 44.7 Å². The Hall–Kier alpha value is -5.00. The summed E-state index contributed by atoms with van der Waals surface area (Å²) in [7, 11) is 1.65. The molecule has 0 aliphatic carbocycles. The average molecular weight is 653 g/mol. The number of hydrogen-bond acceptors (Lipinski definition) is 8. The zero-order chi connectivity index (χ0) is 33.1. The molecule has 3 heterocycles. The molecule has 2 aromatic carbocycles. The van der Waals surface area contributed by atoms with Crippen LogP contribution in [0.15, 0.2) is 73.4 Å². The van der Waals surface area contributed by atoms with Crippen LogP contribution in [0.4, 0.5) is 19.0 Å². The van der Waals surface area contributed by atoms with E-state index in [1.165, 1.54) is 35.6 Å². The van der Waals surface area contributed by atoms with E-state index in [0.717, 1.165) is 17.0 Å². The van der Waals surface area contributed by atoms with Crippen LogP contribution >= 0.6 is 11.6 Å². The first-order valence-corrected chi connectivity index (χ1v) is 14.5. The zero-order valence-electron chi connectivity index (χ0n) is 24.5. The third kappa shape index (κ3) is 6.37. The first-order chi connectivity index (χ1) is 21.9. The fourth-order valence-corrected chi connectivity index (χ4v) is 5.42. The number of nitrogens with zero attached hydrogens (tertiary/aromatic N) is 8. The largest absolute Gasteiger partial charge is 0.430 e. The molecule has 15 heteroatoms. The van der Waals surface area contributed by atoms with Crippen LogP contribution in [0.2, 0.25) is 5.02 Å². The normalized spacial score (nSPS) is 14.8. The molecule has 238 valence electrons. The Bertz CT molecular complexity index is 1760. The minimum absolute atomic E-state index is 0.0859. The van der Waals surface area contributed by atoms with Crippen LogP contribution in [0.1, 0.15) is 21.5 Å². The number of halogens is 4. The Kier molecular flexibility index (Phi) is 9.27. The molecule has 2 amide bonds. The van der Waals surface area contributed by atoms with Gasteiger partial charge in [0, 0.05) is 57.1 Å². The van der Waals surface area contributed by atoms with Crippen LogP contribution in [-0.4, -0.2) is 92.4 Å². The Morgan fingerprint density at radius 3 is 2.39 bits per heavy atom. The van der Waals surface area contributed by atoms with Crippen molar-refractivity contribution in [3.63, 3.8) is 0 Å². The summed E-state index contributed by atoms with van der Waals surface area (Å²) in [6.45, 7) is 0.760. The third-order valence-electron chi connectivity index (χ3n) is 7.78. The van der Waals surface area contributed by atoms with Gasteiger partial charge in [-0.1, -0.05) is 48.0 Å². The summed E-state index contributed by atoms with van der Waals surface area (Å²) in [6, 6.07) is 14.9. The monoisotopic (exact) mass is 652 g/mol. The van der Waals surface area contributed by atoms with Crippen molar-refractivity contribution in [1.82, 2.24) is 29.5 Å². The molecule has 1 aliphatic rings. The van der Waals surface area contributed by atoms with E-state index in [1.54, 1.807) is 47.2 Å². The van der Waals surface area contributed by atoms with Crippen molar-refractivity contribution < 1.29 is 27.9 Å². The first kappa shape index (κ1) is 32.4. The van der Waals surface area contributed by atoms with Gasteiger partial charge < -0.3 is 19.8 Å². The predicted molar refractivity (Wildman–Crippen MR) is 162 cm³/mol. The van der Waals surface area contributed by atoms with Crippen LogP contribution in [0.25, 0.3) is 11.1 Å². The number of pyridine rings is 1. The van der Waals surface area contributed by atoms with Gasteiger partial charge in [-0.05, 0) is 23.8 Å². The fraction of sp³-hybridized carbons (Fsp3) is 0.290. The summed E-state index contributed by atoms with van der Waals surface area (Å²) in [6.07, 6.45) is -0.741.